The summed E-state index contributed by atoms with van der Waals surface area (Å²) in [5.41, 5.74) is 8.41. The summed E-state index contributed by atoms with van der Waals surface area (Å²) in [5.74, 6) is 0.583. The van der Waals surface area contributed by atoms with Gasteiger partial charge in [-0.15, -0.1) is 23.7 Å². The van der Waals surface area contributed by atoms with Gasteiger partial charge in [0, 0.05) is 13.1 Å². The van der Waals surface area contributed by atoms with E-state index < -0.39 is 0 Å². The molecule has 5 nitrogen and oxygen atoms in total. The van der Waals surface area contributed by atoms with Gasteiger partial charge < -0.3 is 15.8 Å². The molecule has 0 bridgehead atoms. The average molecular weight is 314 g/mol. The Hall–Kier alpha value is -1.63. The summed E-state index contributed by atoms with van der Waals surface area (Å²) < 4.78 is 5.11. The third-order valence-electron chi connectivity index (χ3n) is 2.56. The van der Waals surface area contributed by atoms with Crippen LogP contribution in [0.15, 0.2) is 29.8 Å². The standard InChI is InChI=1S/C13H15N3O2S.ClH/c1-18-10-4-2-9(3-5-10)12-11(16-8-19-12)13(17)15-7-6-14;/h2-5,8H,6-7,14H2,1H3,(H,15,17);1H. The van der Waals surface area contributed by atoms with Gasteiger partial charge in [0.15, 0.2) is 0 Å². The van der Waals surface area contributed by atoms with Crippen molar-refractivity contribution in [3.05, 3.63) is 35.5 Å². The maximum atomic E-state index is 11.9. The Morgan fingerprint density at radius 1 is 1.40 bits per heavy atom. The van der Waals surface area contributed by atoms with E-state index in [0.29, 0.717) is 18.8 Å². The number of nitrogens with one attached hydrogen (secondary N) is 1. The number of carbonyl (C=O) groups is 1. The normalized spacial score (nSPS) is 9.70. The van der Waals surface area contributed by atoms with Crippen LogP contribution in [0, 0.1) is 0 Å². The summed E-state index contributed by atoms with van der Waals surface area (Å²) in [5, 5.41) is 2.72. The van der Waals surface area contributed by atoms with E-state index >= 15 is 0 Å². The van der Waals surface area contributed by atoms with Crippen LogP contribution in [0.25, 0.3) is 10.4 Å². The molecule has 1 heterocycles. The zero-order valence-electron chi connectivity index (χ0n) is 11.0. The summed E-state index contributed by atoms with van der Waals surface area (Å²) >= 11 is 1.43. The maximum Gasteiger partial charge on any atom is 0.271 e. The molecule has 108 valence electrons. The summed E-state index contributed by atoms with van der Waals surface area (Å²) in [4.78, 5) is 16.9. The molecule has 1 aromatic carbocycles. The van der Waals surface area contributed by atoms with Crippen molar-refractivity contribution in [2.75, 3.05) is 20.2 Å². The number of carbonyl (C=O) groups excluding carboxylic acids is 1. The van der Waals surface area contributed by atoms with Gasteiger partial charge in [0.05, 0.1) is 17.5 Å². The van der Waals surface area contributed by atoms with Gasteiger partial charge in [-0.05, 0) is 29.8 Å². The van der Waals surface area contributed by atoms with Crippen LogP contribution in [-0.2, 0) is 0 Å². The highest BCUT2D eigenvalue weighted by atomic mass is 35.5. The molecule has 7 heteroatoms. The van der Waals surface area contributed by atoms with Crippen molar-refractivity contribution in [3.8, 4) is 16.2 Å². The number of halogens is 1. The number of hydrogen-bond acceptors (Lipinski definition) is 5. The Morgan fingerprint density at radius 2 is 2.10 bits per heavy atom. The SMILES string of the molecule is COc1ccc(-c2scnc2C(=O)NCCN)cc1.Cl. The molecule has 0 fully saturated rings. The van der Waals surface area contributed by atoms with E-state index in [-0.39, 0.29) is 18.3 Å². The first-order chi connectivity index (χ1) is 9.26. The van der Waals surface area contributed by atoms with Gasteiger partial charge in [0.25, 0.3) is 5.91 Å². The fourth-order valence-corrected chi connectivity index (χ4v) is 2.42. The summed E-state index contributed by atoms with van der Waals surface area (Å²) in [6.45, 7) is 0.853. The average Bonchev–Trinajstić information content (AvgIpc) is 2.94. The van der Waals surface area contributed by atoms with Crippen molar-refractivity contribution >= 4 is 29.7 Å². The topological polar surface area (TPSA) is 77.2 Å². The predicted octanol–water partition coefficient (Wildman–Crippen LogP) is 1.93. The molecule has 0 atom stereocenters. The minimum absolute atomic E-state index is 0. The van der Waals surface area contributed by atoms with Crippen molar-refractivity contribution in [2.24, 2.45) is 5.73 Å². The number of methoxy groups -OCH3 is 1. The second kappa shape index (κ2) is 7.84. The van der Waals surface area contributed by atoms with Gasteiger partial charge in [0.1, 0.15) is 11.4 Å². The smallest absolute Gasteiger partial charge is 0.271 e. The van der Waals surface area contributed by atoms with Crippen molar-refractivity contribution in [2.45, 2.75) is 0 Å². The number of benzene rings is 1. The Morgan fingerprint density at radius 3 is 2.70 bits per heavy atom. The first-order valence-electron chi connectivity index (χ1n) is 5.82. The molecule has 1 aromatic heterocycles. The van der Waals surface area contributed by atoms with Crippen molar-refractivity contribution in [3.63, 3.8) is 0 Å². The molecule has 0 aliphatic carbocycles. The molecule has 0 radical (unpaired) electrons. The number of ether oxygens (including phenoxy) is 1. The number of hydrogen-bond donors (Lipinski definition) is 2. The van der Waals surface area contributed by atoms with Crippen LogP contribution >= 0.6 is 23.7 Å². The minimum atomic E-state index is -0.197. The van der Waals surface area contributed by atoms with Crippen LogP contribution in [0.4, 0.5) is 0 Å². The molecule has 1 amide bonds. The molecular weight excluding hydrogens is 298 g/mol. The molecule has 0 spiro atoms. The Labute approximate surface area is 127 Å². The second-order valence-electron chi connectivity index (χ2n) is 3.80. The number of rotatable bonds is 5. The number of nitrogens with two attached hydrogens (primary N) is 1. The van der Waals surface area contributed by atoms with E-state index in [1.807, 2.05) is 24.3 Å². The van der Waals surface area contributed by atoms with Crippen LogP contribution < -0.4 is 15.8 Å². The highest BCUT2D eigenvalue weighted by Gasteiger charge is 2.15. The van der Waals surface area contributed by atoms with Crippen LogP contribution in [0.3, 0.4) is 0 Å². The Balaban J connectivity index is 0.00000200. The highest BCUT2D eigenvalue weighted by Crippen LogP contribution is 2.29. The molecule has 0 aliphatic rings. The predicted molar refractivity (Wildman–Crippen MR) is 82.7 cm³/mol. The van der Waals surface area contributed by atoms with E-state index in [1.54, 1.807) is 12.6 Å². The van der Waals surface area contributed by atoms with E-state index in [0.717, 1.165) is 16.2 Å². The van der Waals surface area contributed by atoms with Gasteiger partial charge >= 0.3 is 0 Å². The highest BCUT2D eigenvalue weighted by molar-refractivity contribution is 7.13. The molecule has 0 saturated heterocycles. The van der Waals surface area contributed by atoms with E-state index in [9.17, 15) is 4.79 Å². The summed E-state index contributed by atoms with van der Waals surface area (Å²) in [6.07, 6.45) is 0. The number of aromatic nitrogens is 1. The first kappa shape index (κ1) is 16.4. The van der Waals surface area contributed by atoms with Gasteiger partial charge in [0.2, 0.25) is 0 Å². The maximum absolute atomic E-state index is 11.9. The lowest BCUT2D eigenvalue weighted by Crippen LogP contribution is -2.29. The summed E-state index contributed by atoms with van der Waals surface area (Å²) in [6, 6.07) is 7.53. The van der Waals surface area contributed by atoms with E-state index in [4.69, 9.17) is 10.5 Å². The minimum Gasteiger partial charge on any atom is -0.497 e. The van der Waals surface area contributed by atoms with E-state index in [2.05, 4.69) is 10.3 Å². The van der Waals surface area contributed by atoms with Crippen molar-refractivity contribution < 1.29 is 9.53 Å². The largest absolute Gasteiger partial charge is 0.497 e. The van der Waals surface area contributed by atoms with Crippen LogP contribution in [0.5, 0.6) is 5.75 Å². The second-order valence-corrected chi connectivity index (χ2v) is 4.66. The Bertz CT molecular complexity index is 557. The lowest BCUT2D eigenvalue weighted by atomic mass is 10.1. The number of amides is 1. The van der Waals surface area contributed by atoms with Crippen LogP contribution in [-0.4, -0.2) is 31.1 Å². The third kappa shape index (κ3) is 3.69. The number of nitrogens with zero attached hydrogens (tertiary/aromatic N) is 1. The van der Waals surface area contributed by atoms with Gasteiger partial charge in [-0.1, -0.05) is 0 Å². The number of thiazole rings is 1. The quantitative estimate of drug-likeness (QED) is 0.884. The molecule has 0 saturated carbocycles. The molecule has 2 rings (SSSR count). The zero-order chi connectivity index (χ0) is 13.7. The third-order valence-corrected chi connectivity index (χ3v) is 3.44. The van der Waals surface area contributed by atoms with Gasteiger partial charge in [-0.25, -0.2) is 4.98 Å². The van der Waals surface area contributed by atoms with Gasteiger partial charge in [-0.3, -0.25) is 4.79 Å². The lowest BCUT2D eigenvalue weighted by Gasteiger charge is -2.05. The molecule has 3 N–H and O–H groups in total. The lowest BCUT2D eigenvalue weighted by molar-refractivity contribution is 0.0951. The molecule has 0 unspecified atom stereocenters. The van der Waals surface area contributed by atoms with Crippen molar-refractivity contribution in [1.82, 2.24) is 10.3 Å². The molecule has 0 aliphatic heterocycles. The first-order valence-corrected chi connectivity index (χ1v) is 6.70. The Kier molecular flexibility index (Phi) is 6.44. The fourth-order valence-electron chi connectivity index (χ4n) is 1.62. The zero-order valence-corrected chi connectivity index (χ0v) is 12.6. The fraction of sp³-hybridized carbons (Fsp3) is 0.231. The molecule has 20 heavy (non-hydrogen) atoms. The molecular formula is C13H16ClN3O2S. The monoisotopic (exact) mass is 313 g/mol. The summed E-state index contributed by atoms with van der Waals surface area (Å²) in [7, 11) is 1.62. The van der Waals surface area contributed by atoms with Crippen LogP contribution in [0.2, 0.25) is 0 Å². The molecule has 2 aromatic rings. The van der Waals surface area contributed by atoms with Crippen LogP contribution in [0.1, 0.15) is 10.5 Å². The van der Waals surface area contributed by atoms with Gasteiger partial charge in [-0.2, -0.15) is 0 Å². The van der Waals surface area contributed by atoms with E-state index in [1.165, 1.54) is 11.3 Å². The van der Waals surface area contributed by atoms with Crippen molar-refractivity contribution in [1.29, 1.82) is 0 Å².